The third kappa shape index (κ3) is 4.60. The van der Waals surface area contributed by atoms with Crippen molar-refractivity contribution >= 4 is 21.9 Å². The van der Waals surface area contributed by atoms with Crippen molar-refractivity contribution in [1.29, 1.82) is 0 Å². The predicted octanol–water partition coefficient (Wildman–Crippen LogP) is 3.81. The van der Waals surface area contributed by atoms with Crippen LogP contribution < -0.4 is 0 Å². The summed E-state index contributed by atoms with van der Waals surface area (Å²) in [5, 5.41) is 8.84. The van der Waals surface area contributed by atoms with Crippen LogP contribution in [0.2, 0.25) is 0 Å². The summed E-state index contributed by atoms with van der Waals surface area (Å²) < 4.78 is 2.17. The smallest absolute Gasteiger partial charge is 0.303 e. The van der Waals surface area contributed by atoms with Gasteiger partial charge in [0.25, 0.3) is 0 Å². The van der Waals surface area contributed by atoms with Crippen LogP contribution in [0.4, 0.5) is 0 Å². The minimum Gasteiger partial charge on any atom is -0.481 e. The van der Waals surface area contributed by atoms with E-state index in [1.54, 1.807) is 0 Å². The van der Waals surface area contributed by atoms with E-state index in [9.17, 15) is 4.79 Å². The second-order valence-electron chi connectivity index (χ2n) is 5.85. The van der Waals surface area contributed by atoms with Crippen molar-refractivity contribution in [2.24, 2.45) is 0 Å². The molecule has 1 fully saturated rings. The van der Waals surface area contributed by atoms with Gasteiger partial charge in [0.15, 0.2) is 0 Å². The standard InChI is InChI=1S/C16H22BrNO2/c17-15-8-6-14(7-9-15)13-18(10-2-1-3-11-18)12-4-5-16(19)20/h6-9H,1-5,10-13H2/p+1. The van der Waals surface area contributed by atoms with Gasteiger partial charge in [-0.05, 0) is 31.4 Å². The molecule has 1 heterocycles. The summed E-state index contributed by atoms with van der Waals surface area (Å²) in [5.74, 6) is -0.677. The van der Waals surface area contributed by atoms with Crippen molar-refractivity contribution in [3.8, 4) is 0 Å². The summed E-state index contributed by atoms with van der Waals surface area (Å²) in [5.41, 5.74) is 1.35. The van der Waals surface area contributed by atoms with Crippen LogP contribution in [0.5, 0.6) is 0 Å². The van der Waals surface area contributed by atoms with Crippen LogP contribution in [0.15, 0.2) is 28.7 Å². The van der Waals surface area contributed by atoms with Crippen molar-refractivity contribution in [1.82, 2.24) is 0 Å². The Morgan fingerprint density at radius 1 is 1.15 bits per heavy atom. The molecular weight excluding hydrogens is 318 g/mol. The largest absolute Gasteiger partial charge is 0.481 e. The van der Waals surface area contributed by atoms with E-state index in [-0.39, 0.29) is 0 Å². The number of benzene rings is 1. The van der Waals surface area contributed by atoms with E-state index in [1.165, 1.54) is 37.9 Å². The van der Waals surface area contributed by atoms with E-state index < -0.39 is 5.97 Å². The minimum atomic E-state index is -0.677. The number of piperidine rings is 1. The molecule has 20 heavy (non-hydrogen) atoms. The first kappa shape index (κ1) is 15.5. The molecule has 3 nitrogen and oxygen atoms in total. The maximum Gasteiger partial charge on any atom is 0.303 e. The molecule has 0 atom stereocenters. The van der Waals surface area contributed by atoms with Gasteiger partial charge >= 0.3 is 5.97 Å². The van der Waals surface area contributed by atoms with E-state index in [0.29, 0.717) is 6.42 Å². The number of quaternary nitrogens is 1. The van der Waals surface area contributed by atoms with Crippen LogP contribution in [0.1, 0.15) is 37.7 Å². The summed E-state index contributed by atoms with van der Waals surface area (Å²) in [4.78, 5) is 10.7. The molecule has 1 aliphatic heterocycles. The summed E-state index contributed by atoms with van der Waals surface area (Å²) in [6.45, 7) is 4.40. The van der Waals surface area contributed by atoms with Crippen molar-refractivity contribution in [3.63, 3.8) is 0 Å². The lowest BCUT2D eigenvalue weighted by molar-refractivity contribution is -0.945. The van der Waals surface area contributed by atoms with E-state index in [1.807, 2.05) is 0 Å². The van der Waals surface area contributed by atoms with Crippen LogP contribution in [0, 0.1) is 0 Å². The SMILES string of the molecule is O=C(O)CCC[N+]1(Cc2ccc(Br)cc2)CCCCC1. The Kier molecular flexibility index (Phi) is 5.61. The van der Waals surface area contributed by atoms with Crippen LogP contribution >= 0.6 is 15.9 Å². The molecule has 2 rings (SSSR count). The van der Waals surface area contributed by atoms with Gasteiger partial charge in [0.1, 0.15) is 6.54 Å². The van der Waals surface area contributed by atoms with Crippen molar-refractivity contribution in [2.45, 2.75) is 38.6 Å². The molecule has 0 aromatic heterocycles. The lowest BCUT2D eigenvalue weighted by Crippen LogP contribution is -2.51. The summed E-state index contributed by atoms with van der Waals surface area (Å²) >= 11 is 3.47. The zero-order valence-electron chi connectivity index (χ0n) is 11.9. The lowest BCUT2D eigenvalue weighted by Gasteiger charge is -2.41. The van der Waals surface area contributed by atoms with Gasteiger partial charge in [-0.3, -0.25) is 4.79 Å². The fourth-order valence-electron chi connectivity index (χ4n) is 3.19. The number of hydrogen-bond acceptors (Lipinski definition) is 1. The molecule has 0 saturated carbocycles. The molecule has 0 aliphatic carbocycles. The number of likely N-dealkylation sites (tertiary alicyclic amines) is 1. The lowest BCUT2D eigenvalue weighted by atomic mass is 10.0. The van der Waals surface area contributed by atoms with Crippen molar-refractivity contribution < 1.29 is 14.4 Å². The number of hydrogen-bond donors (Lipinski definition) is 1. The summed E-state index contributed by atoms with van der Waals surface area (Å²) in [7, 11) is 0. The molecule has 1 N–H and O–H groups in total. The van der Waals surface area contributed by atoms with E-state index in [2.05, 4.69) is 40.2 Å². The molecule has 1 saturated heterocycles. The number of carboxylic acids is 1. The monoisotopic (exact) mass is 340 g/mol. The zero-order valence-corrected chi connectivity index (χ0v) is 13.4. The van der Waals surface area contributed by atoms with Crippen LogP contribution in [-0.4, -0.2) is 35.2 Å². The number of aliphatic carboxylic acids is 1. The number of carbonyl (C=O) groups is 1. The average molecular weight is 341 g/mol. The minimum absolute atomic E-state index is 0.292. The van der Waals surface area contributed by atoms with Gasteiger partial charge < -0.3 is 9.59 Å². The number of rotatable bonds is 6. The molecule has 1 aromatic rings. The van der Waals surface area contributed by atoms with Crippen LogP contribution in [0.3, 0.4) is 0 Å². The van der Waals surface area contributed by atoms with Gasteiger partial charge in [0.05, 0.1) is 26.1 Å². The maximum absolute atomic E-state index is 10.7. The molecular formula is C16H23BrNO2+. The van der Waals surface area contributed by atoms with Gasteiger partial charge in [0, 0.05) is 16.5 Å². The van der Waals surface area contributed by atoms with Gasteiger partial charge in [-0.2, -0.15) is 0 Å². The van der Waals surface area contributed by atoms with Gasteiger partial charge in [-0.25, -0.2) is 0 Å². The second kappa shape index (κ2) is 7.23. The fourth-order valence-corrected chi connectivity index (χ4v) is 3.45. The van der Waals surface area contributed by atoms with E-state index in [4.69, 9.17) is 5.11 Å². The number of carboxylic acid groups (broad SMARTS) is 1. The van der Waals surface area contributed by atoms with Crippen LogP contribution in [-0.2, 0) is 11.3 Å². The zero-order chi connectivity index (χ0) is 14.4. The maximum atomic E-state index is 10.7. The first-order valence-corrected chi connectivity index (χ1v) is 8.20. The molecule has 0 spiro atoms. The third-order valence-electron chi connectivity index (χ3n) is 4.22. The Balaban J connectivity index is 2.02. The third-order valence-corrected chi connectivity index (χ3v) is 4.75. The quantitative estimate of drug-likeness (QED) is 0.799. The molecule has 1 aromatic carbocycles. The van der Waals surface area contributed by atoms with E-state index in [0.717, 1.165) is 28.5 Å². The highest BCUT2D eigenvalue weighted by molar-refractivity contribution is 9.10. The fraction of sp³-hybridized carbons (Fsp3) is 0.562. The van der Waals surface area contributed by atoms with E-state index >= 15 is 0 Å². The topological polar surface area (TPSA) is 37.3 Å². The van der Waals surface area contributed by atoms with Gasteiger partial charge in [0.2, 0.25) is 0 Å². The Hall–Kier alpha value is -0.870. The Bertz CT molecular complexity index is 438. The summed E-state index contributed by atoms with van der Waals surface area (Å²) in [6, 6.07) is 8.53. The summed E-state index contributed by atoms with van der Waals surface area (Å²) in [6.07, 6.45) is 4.93. The molecule has 0 bridgehead atoms. The molecule has 4 heteroatoms. The number of halogens is 1. The first-order valence-electron chi connectivity index (χ1n) is 7.41. The number of nitrogens with zero attached hydrogens (tertiary/aromatic N) is 1. The molecule has 0 amide bonds. The Labute approximate surface area is 129 Å². The predicted molar refractivity (Wildman–Crippen MR) is 83.4 cm³/mol. The molecule has 0 unspecified atom stereocenters. The molecule has 0 radical (unpaired) electrons. The second-order valence-corrected chi connectivity index (χ2v) is 6.77. The molecule has 110 valence electrons. The highest BCUT2D eigenvalue weighted by atomic mass is 79.9. The molecule has 1 aliphatic rings. The van der Waals surface area contributed by atoms with Crippen molar-refractivity contribution in [2.75, 3.05) is 19.6 Å². The van der Waals surface area contributed by atoms with Crippen molar-refractivity contribution in [3.05, 3.63) is 34.3 Å². The normalized spacial score (nSPS) is 17.9. The average Bonchev–Trinajstić information content (AvgIpc) is 2.42. The first-order chi connectivity index (χ1) is 9.60. The highest BCUT2D eigenvalue weighted by Gasteiger charge is 2.29. The van der Waals surface area contributed by atoms with Crippen LogP contribution in [0.25, 0.3) is 0 Å². The van der Waals surface area contributed by atoms with Gasteiger partial charge in [-0.1, -0.05) is 28.1 Å². The van der Waals surface area contributed by atoms with Gasteiger partial charge in [-0.15, -0.1) is 0 Å². The highest BCUT2D eigenvalue weighted by Crippen LogP contribution is 2.24. The Morgan fingerprint density at radius 2 is 1.80 bits per heavy atom. The Morgan fingerprint density at radius 3 is 2.40 bits per heavy atom.